The predicted octanol–water partition coefficient (Wildman–Crippen LogP) is 1.10. The van der Waals surface area contributed by atoms with Gasteiger partial charge in [0.05, 0.1) is 18.8 Å². The number of likely N-dealkylation sites (tertiary alicyclic amines) is 1. The summed E-state index contributed by atoms with van der Waals surface area (Å²) in [5, 5.41) is 0. The first-order valence-corrected chi connectivity index (χ1v) is 5.77. The molecule has 2 fully saturated rings. The molecule has 0 aliphatic carbocycles. The molecule has 0 radical (unpaired) electrons. The molecule has 2 aliphatic heterocycles. The molecule has 1 aromatic carbocycles. The van der Waals surface area contributed by atoms with Crippen LogP contribution in [0.4, 0.5) is 0 Å². The standard InChI is InChI=1S/C7H14N2O.C6H6/c1-9-3-6(8)2-7(9)4-10-5-7;1-2-4-6-5-3-1/h6H,2-5,8H2,1H3;1-6H. The largest absolute Gasteiger partial charge is 0.377 e. The number of hydrogen-bond donors (Lipinski definition) is 1. The van der Waals surface area contributed by atoms with Gasteiger partial charge < -0.3 is 10.5 Å². The van der Waals surface area contributed by atoms with E-state index in [0.717, 1.165) is 26.2 Å². The Balaban J connectivity index is 0.000000138. The third-order valence-corrected chi connectivity index (χ3v) is 3.37. The van der Waals surface area contributed by atoms with Gasteiger partial charge in [-0.25, -0.2) is 0 Å². The van der Waals surface area contributed by atoms with Gasteiger partial charge in [0.15, 0.2) is 0 Å². The Kier molecular flexibility index (Phi) is 3.59. The highest BCUT2D eigenvalue weighted by atomic mass is 16.5. The number of hydrogen-bond acceptors (Lipinski definition) is 3. The van der Waals surface area contributed by atoms with Gasteiger partial charge >= 0.3 is 0 Å². The monoisotopic (exact) mass is 220 g/mol. The molecule has 1 aromatic rings. The van der Waals surface area contributed by atoms with Gasteiger partial charge in [-0.15, -0.1) is 0 Å². The molecule has 2 heterocycles. The van der Waals surface area contributed by atoms with E-state index in [1.807, 2.05) is 36.4 Å². The number of likely N-dealkylation sites (N-methyl/N-ethyl adjacent to an activating group) is 1. The average Bonchev–Trinajstić information content (AvgIpc) is 2.57. The van der Waals surface area contributed by atoms with E-state index in [1.54, 1.807) is 0 Å². The van der Waals surface area contributed by atoms with Gasteiger partial charge in [0.2, 0.25) is 0 Å². The smallest absolute Gasteiger partial charge is 0.0691 e. The predicted molar refractivity (Wildman–Crippen MR) is 65.2 cm³/mol. The molecule has 1 unspecified atom stereocenters. The Morgan fingerprint density at radius 1 is 1.12 bits per heavy atom. The van der Waals surface area contributed by atoms with Crippen molar-refractivity contribution in [1.29, 1.82) is 0 Å². The summed E-state index contributed by atoms with van der Waals surface area (Å²) in [5.41, 5.74) is 6.15. The Morgan fingerprint density at radius 3 is 1.81 bits per heavy atom. The first kappa shape index (κ1) is 11.6. The van der Waals surface area contributed by atoms with E-state index in [-0.39, 0.29) is 0 Å². The van der Waals surface area contributed by atoms with Crippen molar-refractivity contribution in [1.82, 2.24) is 4.90 Å². The van der Waals surface area contributed by atoms with E-state index >= 15 is 0 Å². The molecule has 1 atom stereocenters. The van der Waals surface area contributed by atoms with Crippen LogP contribution in [0, 0.1) is 0 Å². The van der Waals surface area contributed by atoms with Gasteiger partial charge in [-0.3, -0.25) is 4.90 Å². The van der Waals surface area contributed by atoms with Gasteiger partial charge in [0.1, 0.15) is 0 Å². The highest BCUT2D eigenvalue weighted by Crippen LogP contribution is 2.33. The third-order valence-electron chi connectivity index (χ3n) is 3.37. The molecular formula is C13H20N2O. The van der Waals surface area contributed by atoms with Crippen LogP contribution in [-0.2, 0) is 4.74 Å². The molecule has 0 bridgehead atoms. The van der Waals surface area contributed by atoms with Crippen molar-refractivity contribution < 1.29 is 4.74 Å². The summed E-state index contributed by atoms with van der Waals surface area (Å²) in [6.07, 6.45) is 1.11. The summed E-state index contributed by atoms with van der Waals surface area (Å²) < 4.78 is 5.18. The Hall–Kier alpha value is -0.900. The van der Waals surface area contributed by atoms with Crippen LogP contribution >= 0.6 is 0 Å². The highest BCUT2D eigenvalue weighted by molar-refractivity contribution is 5.03. The SMILES string of the molecule is CN1CC(N)CC12COC2.c1ccccc1. The van der Waals surface area contributed by atoms with Crippen molar-refractivity contribution in [2.24, 2.45) is 5.73 Å². The van der Waals surface area contributed by atoms with E-state index in [0.29, 0.717) is 11.6 Å². The molecule has 1 spiro atoms. The Morgan fingerprint density at radius 2 is 1.62 bits per heavy atom. The lowest BCUT2D eigenvalue weighted by Crippen LogP contribution is -2.57. The molecule has 0 saturated carbocycles. The fraction of sp³-hybridized carbons (Fsp3) is 0.538. The number of nitrogens with two attached hydrogens (primary N) is 1. The minimum Gasteiger partial charge on any atom is -0.377 e. The van der Waals surface area contributed by atoms with Crippen molar-refractivity contribution in [2.45, 2.75) is 18.0 Å². The maximum absolute atomic E-state index is 5.81. The number of benzene rings is 1. The molecule has 3 nitrogen and oxygen atoms in total. The van der Waals surface area contributed by atoms with Crippen molar-refractivity contribution in [3.8, 4) is 0 Å². The molecule has 2 saturated heterocycles. The second-order valence-corrected chi connectivity index (χ2v) is 4.72. The molecule has 0 amide bonds. The van der Waals surface area contributed by atoms with Gasteiger partial charge in [0.25, 0.3) is 0 Å². The van der Waals surface area contributed by atoms with Crippen molar-refractivity contribution in [3.63, 3.8) is 0 Å². The number of rotatable bonds is 0. The van der Waals surface area contributed by atoms with Gasteiger partial charge in [-0.2, -0.15) is 0 Å². The third kappa shape index (κ3) is 2.43. The first-order chi connectivity index (χ1) is 7.73. The number of ether oxygens (including phenoxy) is 1. The maximum atomic E-state index is 5.81. The number of nitrogens with zero attached hydrogens (tertiary/aromatic N) is 1. The molecule has 3 rings (SSSR count). The fourth-order valence-electron chi connectivity index (χ4n) is 2.31. The lowest BCUT2D eigenvalue weighted by atomic mass is 9.93. The average molecular weight is 220 g/mol. The molecular weight excluding hydrogens is 200 g/mol. The molecule has 2 aliphatic rings. The van der Waals surface area contributed by atoms with Crippen LogP contribution in [-0.4, -0.2) is 43.3 Å². The van der Waals surface area contributed by atoms with Crippen LogP contribution in [0.1, 0.15) is 6.42 Å². The van der Waals surface area contributed by atoms with Gasteiger partial charge in [-0.1, -0.05) is 36.4 Å². The van der Waals surface area contributed by atoms with Crippen LogP contribution in [0.5, 0.6) is 0 Å². The fourth-order valence-corrected chi connectivity index (χ4v) is 2.31. The van der Waals surface area contributed by atoms with Gasteiger partial charge in [-0.05, 0) is 13.5 Å². The molecule has 3 heteroatoms. The first-order valence-electron chi connectivity index (χ1n) is 5.77. The van der Waals surface area contributed by atoms with Crippen molar-refractivity contribution in [2.75, 3.05) is 26.8 Å². The zero-order valence-corrected chi connectivity index (χ0v) is 9.80. The second kappa shape index (κ2) is 4.95. The van der Waals surface area contributed by atoms with Crippen LogP contribution in [0.25, 0.3) is 0 Å². The summed E-state index contributed by atoms with van der Waals surface area (Å²) in [6.45, 7) is 2.80. The van der Waals surface area contributed by atoms with E-state index in [1.165, 1.54) is 0 Å². The summed E-state index contributed by atoms with van der Waals surface area (Å²) in [4.78, 5) is 2.33. The minimum absolute atomic E-state index is 0.333. The normalized spacial score (nSPS) is 27.0. The summed E-state index contributed by atoms with van der Waals surface area (Å²) in [6, 6.07) is 12.4. The van der Waals surface area contributed by atoms with Crippen LogP contribution < -0.4 is 5.73 Å². The molecule has 16 heavy (non-hydrogen) atoms. The molecule has 0 aromatic heterocycles. The molecule has 88 valence electrons. The minimum atomic E-state index is 0.333. The Labute approximate surface area is 97.2 Å². The van der Waals surface area contributed by atoms with E-state index in [9.17, 15) is 0 Å². The summed E-state index contributed by atoms with van der Waals surface area (Å²) >= 11 is 0. The van der Waals surface area contributed by atoms with Crippen molar-refractivity contribution in [3.05, 3.63) is 36.4 Å². The lowest BCUT2D eigenvalue weighted by Gasteiger charge is -2.43. The summed E-state index contributed by atoms with van der Waals surface area (Å²) in [5.74, 6) is 0. The molecule has 2 N–H and O–H groups in total. The zero-order valence-electron chi connectivity index (χ0n) is 9.80. The lowest BCUT2D eigenvalue weighted by molar-refractivity contribution is -0.115. The van der Waals surface area contributed by atoms with Crippen LogP contribution in [0.15, 0.2) is 36.4 Å². The van der Waals surface area contributed by atoms with Gasteiger partial charge in [0, 0.05) is 12.6 Å². The van der Waals surface area contributed by atoms with Crippen LogP contribution in [0.2, 0.25) is 0 Å². The topological polar surface area (TPSA) is 38.5 Å². The second-order valence-electron chi connectivity index (χ2n) is 4.72. The van der Waals surface area contributed by atoms with Crippen LogP contribution in [0.3, 0.4) is 0 Å². The maximum Gasteiger partial charge on any atom is 0.0691 e. The van der Waals surface area contributed by atoms with Crippen molar-refractivity contribution >= 4 is 0 Å². The van der Waals surface area contributed by atoms with E-state index in [2.05, 4.69) is 11.9 Å². The Bertz CT molecular complexity index is 284. The zero-order chi connectivity index (χ0) is 11.4. The quantitative estimate of drug-likeness (QED) is 0.711. The highest BCUT2D eigenvalue weighted by Gasteiger charge is 2.48. The van der Waals surface area contributed by atoms with E-state index < -0.39 is 0 Å². The summed E-state index contributed by atoms with van der Waals surface area (Å²) in [7, 11) is 2.13. The van der Waals surface area contributed by atoms with E-state index in [4.69, 9.17) is 10.5 Å².